The zero-order valence-corrected chi connectivity index (χ0v) is 16.1. The van der Waals surface area contributed by atoms with E-state index < -0.39 is 0 Å². The number of amides is 2. The number of hydrogen-bond donors (Lipinski definition) is 1. The molecule has 1 aliphatic carbocycles. The first kappa shape index (κ1) is 18.3. The van der Waals surface area contributed by atoms with Gasteiger partial charge in [-0.2, -0.15) is 0 Å². The molecule has 2 aromatic rings. The maximum atomic E-state index is 12.9. The van der Waals surface area contributed by atoms with Crippen LogP contribution in [0.15, 0.2) is 18.5 Å². The molecule has 0 saturated heterocycles. The molecule has 8 heteroatoms. The molecule has 28 heavy (non-hydrogen) atoms. The molecule has 0 spiro atoms. The third-order valence-electron chi connectivity index (χ3n) is 5.39. The van der Waals surface area contributed by atoms with Crippen LogP contribution in [0.2, 0.25) is 0 Å². The first-order valence-corrected chi connectivity index (χ1v) is 9.51. The first-order valence-electron chi connectivity index (χ1n) is 9.51. The minimum atomic E-state index is -0.290. The molecule has 2 amide bonds. The summed E-state index contributed by atoms with van der Waals surface area (Å²) in [5, 5.41) is 2.82. The summed E-state index contributed by atoms with van der Waals surface area (Å²) >= 11 is 0. The van der Waals surface area contributed by atoms with Crippen LogP contribution in [0.25, 0.3) is 0 Å². The summed E-state index contributed by atoms with van der Waals surface area (Å²) < 4.78 is 5.40. The lowest BCUT2D eigenvalue weighted by molar-refractivity contribution is 0.0706. The predicted octanol–water partition coefficient (Wildman–Crippen LogP) is 2.02. The highest BCUT2D eigenvalue weighted by atomic mass is 16.5. The normalized spacial score (nSPS) is 16.4. The van der Waals surface area contributed by atoms with E-state index in [4.69, 9.17) is 4.74 Å². The number of pyridine rings is 1. The van der Waals surface area contributed by atoms with Crippen molar-refractivity contribution in [1.29, 1.82) is 0 Å². The Bertz CT molecular complexity index is 907. The van der Waals surface area contributed by atoms with Crippen LogP contribution in [-0.4, -0.2) is 44.8 Å². The Labute approximate surface area is 163 Å². The Morgan fingerprint density at radius 3 is 2.68 bits per heavy atom. The number of nitrogens with zero attached hydrogens (tertiary/aromatic N) is 4. The third kappa shape index (κ3) is 3.42. The summed E-state index contributed by atoms with van der Waals surface area (Å²) in [5.41, 5.74) is 2.40. The van der Waals surface area contributed by atoms with Crippen molar-refractivity contribution in [3.8, 4) is 5.88 Å². The zero-order chi connectivity index (χ0) is 19.7. The second kappa shape index (κ2) is 7.53. The van der Waals surface area contributed by atoms with E-state index in [1.807, 2.05) is 4.90 Å². The number of carbonyl (C=O) groups is 2. The lowest BCUT2D eigenvalue weighted by Crippen LogP contribution is -2.33. The van der Waals surface area contributed by atoms with Gasteiger partial charge in [0.05, 0.1) is 30.5 Å². The number of methoxy groups -OCH3 is 1. The quantitative estimate of drug-likeness (QED) is 0.851. The molecule has 0 bridgehead atoms. The van der Waals surface area contributed by atoms with E-state index in [0.717, 1.165) is 18.5 Å². The van der Waals surface area contributed by atoms with Crippen molar-refractivity contribution in [2.75, 3.05) is 7.11 Å². The Balaban J connectivity index is 1.51. The van der Waals surface area contributed by atoms with Gasteiger partial charge >= 0.3 is 0 Å². The van der Waals surface area contributed by atoms with Crippen molar-refractivity contribution >= 4 is 11.8 Å². The molecule has 0 unspecified atom stereocenters. The number of ether oxygens (including phenoxy) is 1. The van der Waals surface area contributed by atoms with E-state index in [1.165, 1.54) is 25.2 Å². The van der Waals surface area contributed by atoms with Gasteiger partial charge < -0.3 is 15.0 Å². The van der Waals surface area contributed by atoms with Gasteiger partial charge in [0.15, 0.2) is 0 Å². The standard InChI is InChI=1S/C20H23N5O3/c1-12-21-9-14(10-22-12)18(26)23-8-13-7-16-17(24-19(13)28-2)11-25(20(16)27)15-5-3-4-6-15/h7,9-10,15H,3-6,8,11H2,1-2H3,(H,23,26). The molecule has 3 heterocycles. The van der Waals surface area contributed by atoms with Crippen molar-refractivity contribution in [2.24, 2.45) is 0 Å². The SMILES string of the molecule is COc1nc2c(cc1CNC(=O)c1cnc(C)nc1)C(=O)N(C1CCCC1)C2. The van der Waals surface area contributed by atoms with Gasteiger partial charge in [-0.3, -0.25) is 9.59 Å². The molecule has 0 radical (unpaired) electrons. The second-order valence-electron chi connectivity index (χ2n) is 7.22. The molecule has 0 aromatic carbocycles. The molecule has 146 valence electrons. The van der Waals surface area contributed by atoms with Gasteiger partial charge in [0, 0.05) is 30.5 Å². The molecule has 1 aliphatic heterocycles. The van der Waals surface area contributed by atoms with E-state index in [9.17, 15) is 9.59 Å². The summed E-state index contributed by atoms with van der Waals surface area (Å²) in [6, 6.07) is 2.10. The van der Waals surface area contributed by atoms with Gasteiger partial charge in [0.25, 0.3) is 11.8 Å². The van der Waals surface area contributed by atoms with Crippen molar-refractivity contribution in [3.63, 3.8) is 0 Å². The molecule has 1 saturated carbocycles. The van der Waals surface area contributed by atoms with Crippen molar-refractivity contribution < 1.29 is 14.3 Å². The van der Waals surface area contributed by atoms with Crippen LogP contribution in [0.5, 0.6) is 5.88 Å². The summed E-state index contributed by atoms with van der Waals surface area (Å²) in [6.07, 6.45) is 7.41. The predicted molar refractivity (Wildman–Crippen MR) is 101 cm³/mol. The van der Waals surface area contributed by atoms with Crippen LogP contribution in [0.4, 0.5) is 0 Å². The lowest BCUT2D eigenvalue weighted by Gasteiger charge is -2.22. The minimum absolute atomic E-state index is 0.0246. The van der Waals surface area contributed by atoms with Gasteiger partial charge in [-0.1, -0.05) is 12.8 Å². The molecule has 2 aliphatic rings. The number of aryl methyl sites for hydroxylation is 1. The van der Waals surface area contributed by atoms with Crippen LogP contribution in [0, 0.1) is 6.92 Å². The summed E-state index contributed by atoms with van der Waals surface area (Å²) in [7, 11) is 1.54. The highest BCUT2D eigenvalue weighted by molar-refractivity contribution is 5.98. The number of fused-ring (bicyclic) bond motifs is 1. The average molecular weight is 381 g/mol. The van der Waals surface area contributed by atoms with Crippen LogP contribution in [0.1, 0.15) is 63.5 Å². The third-order valence-corrected chi connectivity index (χ3v) is 5.39. The Morgan fingerprint density at radius 1 is 1.29 bits per heavy atom. The summed E-state index contributed by atoms with van der Waals surface area (Å²) in [5.74, 6) is 0.768. The van der Waals surface area contributed by atoms with Crippen molar-refractivity contribution in [2.45, 2.75) is 51.7 Å². The fraction of sp³-hybridized carbons (Fsp3) is 0.450. The van der Waals surface area contributed by atoms with E-state index in [-0.39, 0.29) is 18.4 Å². The highest BCUT2D eigenvalue weighted by Gasteiger charge is 2.35. The number of nitrogens with one attached hydrogen (secondary N) is 1. The van der Waals surface area contributed by atoms with E-state index in [2.05, 4.69) is 20.3 Å². The van der Waals surface area contributed by atoms with Crippen LogP contribution < -0.4 is 10.1 Å². The number of aromatic nitrogens is 3. The maximum absolute atomic E-state index is 12.9. The van der Waals surface area contributed by atoms with Crippen LogP contribution >= 0.6 is 0 Å². The molecule has 2 aromatic heterocycles. The van der Waals surface area contributed by atoms with Crippen LogP contribution in [-0.2, 0) is 13.1 Å². The molecule has 4 rings (SSSR count). The topological polar surface area (TPSA) is 97.3 Å². The van der Waals surface area contributed by atoms with E-state index >= 15 is 0 Å². The van der Waals surface area contributed by atoms with Gasteiger partial charge in [0.1, 0.15) is 5.82 Å². The Kier molecular flexibility index (Phi) is 4.93. The van der Waals surface area contributed by atoms with Gasteiger partial charge in [-0.15, -0.1) is 0 Å². The number of hydrogen-bond acceptors (Lipinski definition) is 6. The fourth-order valence-corrected chi connectivity index (χ4v) is 3.87. The van der Waals surface area contributed by atoms with Crippen molar-refractivity contribution in [1.82, 2.24) is 25.2 Å². The molecule has 1 N–H and O–H groups in total. The van der Waals surface area contributed by atoms with Gasteiger partial charge in [-0.25, -0.2) is 15.0 Å². The first-order chi connectivity index (χ1) is 13.6. The Morgan fingerprint density at radius 2 is 2.00 bits per heavy atom. The molecule has 1 fully saturated rings. The van der Waals surface area contributed by atoms with Crippen LogP contribution in [0.3, 0.4) is 0 Å². The monoisotopic (exact) mass is 381 g/mol. The lowest BCUT2D eigenvalue weighted by atomic mass is 10.1. The smallest absolute Gasteiger partial charge is 0.256 e. The highest BCUT2D eigenvalue weighted by Crippen LogP contribution is 2.33. The number of carbonyl (C=O) groups excluding carboxylic acids is 2. The maximum Gasteiger partial charge on any atom is 0.256 e. The zero-order valence-electron chi connectivity index (χ0n) is 16.1. The molecular formula is C20H23N5O3. The van der Waals surface area contributed by atoms with E-state index in [1.54, 1.807) is 20.1 Å². The minimum Gasteiger partial charge on any atom is -0.481 e. The van der Waals surface area contributed by atoms with Crippen molar-refractivity contribution in [3.05, 3.63) is 46.7 Å². The summed E-state index contributed by atoms with van der Waals surface area (Å²) in [4.78, 5) is 39.7. The average Bonchev–Trinajstić information content (AvgIpc) is 3.34. The molecular weight excluding hydrogens is 358 g/mol. The Hall–Kier alpha value is -3.03. The fourth-order valence-electron chi connectivity index (χ4n) is 3.87. The van der Waals surface area contributed by atoms with Gasteiger partial charge in [-0.05, 0) is 25.8 Å². The van der Waals surface area contributed by atoms with E-state index in [0.29, 0.717) is 41.0 Å². The largest absolute Gasteiger partial charge is 0.481 e. The summed E-state index contributed by atoms with van der Waals surface area (Å²) in [6.45, 7) is 2.49. The molecule has 8 nitrogen and oxygen atoms in total. The molecule has 0 atom stereocenters. The number of rotatable bonds is 5. The van der Waals surface area contributed by atoms with Gasteiger partial charge in [0.2, 0.25) is 5.88 Å². The second-order valence-corrected chi connectivity index (χ2v) is 7.22.